The summed E-state index contributed by atoms with van der Waals surface area (Å²) in [5, 5.41) is 0. The molecular weight excluding hydrogens is 86.1 g/mol. The van der Waals surface area contributed by atoms with Gasteiger partial charge in [-0.05, 0) is 17.8 Å². The van der Waals surface area contributed by atoms with E-state index in [1.165, 1.54) is 0 Å². The van der Waals surface area contributed by atoms with E-state index in [0.29, 0.717) is 0 Å². The fourth-order valence-electron chi connectivity index (χ4n) is 0.149. The molecule has 0 saturated heterocycles. The molecule has 1 nitrogen and oxygen atoms in total. The van der Waals surface area contributed by atoms with Gasteiger partial charge in [-0.15, -0.1) is 0 Å². The molecule has 0 N–H and O–H groups in total. The number of nitrogens with zero attached hydrogens (tertiary/aromatic N) is 1. The Morgan fingerprint density at radius 3 is 2.86 bits per heavy atom. The summed E-state index contributed by atoms with van der Waals surface area (Å²) in [6.45, 7) is 1.86. The van der Waals surface area contributed by atoms with Crippen molar-refractivity contribution < 1.29 is 0 Å². The smallest absolute Gasteiger partial charge is 0.0994 e. The van der Waals surface area contributed by atoms with Gasteiger partial charge in [0, 0.05) is 0 Å². The number of hydrogen-bond acceptors (Lipinski definition) is 0. The minimum atomic E-state index is 1.58. The van der Waals surface area contributed by atoms with Gasteiger partial charge in [0.05, 0.1) is 5.92 Å². The van der Waals surface area contributed by atoms with Gasteiger partial charge in [-0.2, -0.15) is 0 Å². The van der Waals surface area contributed by atoms with Crippen molar-refractivity contribution in [1.82, 2.24) is 0 Å². The Labute approximate surface area is 43.5 Å². The van der Waals surface area contributed by atoms with Gasteiger partial charge in [-0.3, -0.25) is 0 Å². The highest BCUT2D eigenvalue weighted by atomic mass is 14.6. The molecule has 34 valence electrons. The van der Waals surface area contributed by atoms with Crippen LogP contribution >= 0.6 is 0 Å². The second-order valence-electron chi connectivity index (χ2n) is 0.868. The lowest BCUT2D eigenvalue weighted by molar-refractivity contribution is 1.74. The Morgan fingerprint density at radius 1 is 1.71 bits per heavy atom. The highest BCUT2D eigenvalue weighted by Gasteiger charge is 1.67. The number of allylic oxidation sites excluding steroid dienone is 1. The van der Waals surface area contributed by atoms with Crippen molar-refractivity contribution in [3.63, 3.8) is 0 Å². The molecule has 0 aromatic rings. The van der Waals surface area contributed by atoms with Crippen LogP contribution in [-0.2, 0) is 0 Å². The van der Waals surface area contributed by atoms with E-state index in [1.807, 2.05) is 6.92 Å². The zero-order valence-electron chi connectivity index (χ0n) is 4.18. The quantitative estimate of drug-likeness (QED) is 0.399. The van der Waals surface area contributed by atoms with E-state index in [0.717, 1.165) is 0 Å². The summed E-state index contributed by atoms with van der Waals surface area (Å²) in [6, 6.07) is 2.32. The molecule has 0 radical (unpaired) electrons. The number of hydrogen-bond donors (Lipinski definition) is 0. The van der Waals surface area contributed by atoms with Crippen LogP contribution in [0.2, 0.25) is 0 Å². The van der Waals surface area contributed by atoms with Gasteiger partial charge in [0.2, 0.25) is 0 Å². The van der Waals surface area contributed by atoms with Crippen LogP contribution in [0.5, 0.6) is 0 Å². The van der Waals surface area contributed by atoms with Crippen LogP contribution in [0.3, 0.4) is 0 Å². The Balaban J connectivity index is 3.52. The second kappa shape index (κ2) is 4.79. The van der Waals surface area contributed by atoms with Gasteiger partial charge < -0.3 is 0 Å². The van der Waals surface area contributed by atoms with Crippen LogP contribution < -0.4 is 0 Å². The van der Waals surface area contributed by atoms with Crippen molar-refractivity contribution >= 4 is 0 Å². The van der Waals surface area contributed by atoms with E-state index >= 15 is 0 Å². The molecule has 0 aliphatic carbocycles. The highest BCUT2D eigenvalue weighted by molar-refractivity contribution is 5.18. The van der Waals surface area contributed by atoms with E-state index in [4.69, 9.17) is 6.42 Å². The van der Waals surface area contributed by atoms with Gasteiger partial charge in [0.1, 0.15) is 0 Å². The van der Waals surface area contributed by atoms with E-state index in [9.17, 15) is 0 Å². The number of rotatable bonds is 0. The molecular formula is C6H6N+. The average Bonchev–Trinajstić information content (AvgIpc) is 1.69. The van der Waals surface area contributed by atoms with Gasteiger partial charge in [0.15, 0.2) is 0 Å². The maximum absolute atomic E-state index is 4.78. The van der Waals surface area contributed by atoms with Crippen molar-refractivity contribution in [3.05, 3.63) is 17.1 Å². The molecule has 0 fully saturated rings. The summed E-state index contributed by atoms with van der Waals surface area (Å²) >= 11 is 0. The molecule has 0 aliphatic heterocycles. The van der Waals surface area contributed by atoms with Gasteiger partial charge in [-0.25, -0.2) is 0 Å². The first kappa shape index (κ1) is 5.79. The molecule has 0 aromatic heterocycles. The summed E-state index contributed by atoms with van der Waals surface area (Å²) in [7, 11) is 0. The molecule has 7 heavy (non-hydrogen) atoms. The minimum absolute atomic E-state index is 1.58. The fraction of sp³-hybridized carbons (Fsp3) is 0.167. The summed E-state index contributed by atoms with van der Waals surface area (Å²) in [4.78, 5) is 3.54. The first-order valence-electron chi connectivity index (χ1n) is 1.93. The SMILES string of the molecule is C#CC#[N+]/C=C\C. The zero-order chi connectivity index (χ0) is 5.54. The van der Waals surface area contributed by atoms with Crippen molar-refractivity contribution in [1.29, 1.82) is 0 Å². The lowest BCUT2D eigenvalue weighted by atomic mass is 10.7. The lowest BCUT2D eigenvalue weighted by Crippen LogP contribution is -1.38. The largest absolute Gasteiger partial charge is 0.373 e. The van der Waals surface area contributed by atoms with Gasteiger partial charge in [0.25, 0.3) is 0 Å². The van der Waals surface area contributed by atoms with Crippen LogP contribution in [0.15, 0.2) is 12.3 Å². The maximum Gasteiger partial charge on any atom is 0.373 e. The summed E-state index contributed by atoms with van der Waals surface area (Å²) in [5.74, 6) is 2.13. The lowest BCUT2D eigenvalue weighted by Gasteiger charge is -1.41. The third-order valence-corrected chi connectivity index (χ3v) is 0.353. The highest BCUT2D eigenvalue weighted by Crippen LogP contribution is 1.68. The summed E-state index contributed by atoms with van der Waals surface area (Å²) < 4.78 is 0. The predicted molar refractivity (Wildman–Crippen MR) is 30.9 cm³/mol. The molecule has 0 aromatic carbocycles. The molecule has 0 saturated carbocycles. The fourth-order valence-corrected chi connectivity index (χ4v) is 0.149. The van der Waals surface area contributed by atoms with E-state index in [2.05, 4.69) is 16.8 Å². The maximum atomic E-state index is 4.78. The van der Waals surface area contributed by atoms with Gasteiger partial charge >= 0.3 is 12.3 Å². The van der Waals surface area contributed by atoms with Crippen molar-refractivity contribution in [2.75, 3.05) is 0 Å². The van der Waals surface area contributed by atoms with Crippen LogP contribution in [-0.4, -0.2) is 0 Å². The molecule has 0 aliphatic rings. The third-order valence-electron chi connectivity index (χ3n) is 0.353. The van der Waals surface area contributed by atoms with Crippen molar-refractivity contribution in [2.24, 2.45) is 0 Å². The molecule has 0 heterocycles. The minimum Gasteiger partial charge on any atom is -0.0994 e. The van der Waals surface area contributed by atoms with Crippen molar-refractivity contribution in [3.8, 4) is 18.4 Å². The normalized spacial score (nSPS) is 6.86. The molecule has 1 heteroatoms. The van der Waals surface area contributed by atoms with Crippen LogP contribution in [0.4, 0.5) is 0 Å². The second-order valence-corrected chi connectivity index (χ2v) is 0.868. The molecule has 0 unspecified atom stereocenters. The zero-order valence-corrected chi connectivity index (χ0v) is 4.18. The van der Waals surface area contributed by atoms with E-state index < -0.39 is 0 Å². The molecule has 0 rings (SSSR count). The van der Waals surface area contributed by atoms with Crippen LogP contribution in [0.1, 0.15) is 6.92 Å². The monoisotopic (exact) mass is 92.0 g/mol. The predicted octanol–water partition coefficient (Wildman–Crippen LogP) is 1.49. The topological polar surface area (TPSA) is 4.36 Å². The Hall–Kier alpha value is -1.21. The molecule has 0 bridgehead atoms. The Kier molecular flexibility index (Phi) is 3.96. The van der Waals surface area contributed by atoms with Crippen LogP contribution in [0, 0.1) is 18.4 Å². The molecule has 0 atom stereocenters. The first-order valence-corrected chi connectivity index (χ1v) is 1.93. The average molecular weight is 92.1 g/mol. The van der Waals surface area contributed by atoms with Crippen LogP contribution in [0.25, 0.3) is 4.85 Å². The van der Waals surface area contributed by atoms with E-state index in [1.54, 1.807) is 12.3 Å². The van der Waals surface area contributed by atoms with E-state index in [-0.39, 0.29) is 0 Å². The molecule has 0 amide bonds. The third kappa shape index (κ3) is 4.79. The standard InChI is InChI=1S/C6H6N/c1-3-5-7-6-4-2/h1,4,6H,2H3/q+1/b6-4-. The van der Waals surface area contributed by atoms with Crippen molar-refractivity contribution in [2.45, 2.75) is 6.92 Å². The Bertz CT molecular complexity index is 149. The first-order chi connectivity index (χ1) is 3.41. The summed E-state index contributed by atoms with van der Waals surface area (Å²) in [6.07, 6.45) is 8.15. The van der Waals surface area contributed by atoms with Gasteiger partial charge in [-0.1, -0.05) is 6.42 Å². The summed E-state index contributed by atoms with van der Waals surface area (Å²) in [5.41, 5.74) is 0. The molecule has 0 spiro atoms. The number of terminal acetylenes is 1. The Morgan fingerprint density at radius 2 is 2.43 bits per heavy atom.